The van der Waals surface area contributed by atoms with E-state index in [2.05, 4.69) is 4.52 Å². The van der Waals surface area contributed by atoms with Crippen LogP contribution in [-0.4, -0.2) is 27.1 Å². The maximum Gasteiger partial charge on any atom is 0.524 e. The monoisotopic (exact) mass is 257 g/mol. The third-order valence-electron chi connectivity index (χ3n) is 1.91. The molecule has 4 nitrogen and oxygen atoms in total. The molecule has 1 aromatic rings. The summed E-state index contributed by atoms with van der Waals surface area (Å²) in [6.45, 7) is 5.86. The van der Waals surface area contributed by atoms with Gasteiger partial charge in [0.2, 0.25) is 0 Å². The molecule has 0 bridgehead atoms. The van der Waals surface area contributed by atoms with Crippen LogP contribution in [-0.2, 0) is 9.98 Å². The van der Waals surface area contributed by atoms with Gasteiger partial charge in [-0.2, -0.15) is 0 Å². The van der Waals surface area contributed by atoms with E-state index in [1.807, 2.05) is 26.8 Å². The van der Waals surface area contributed by atoms with E-state index >= 15 is 0 Å². The summed E-state index contributed by atoms with van der Waals surface area (Å²) in [5.74, 6) is 0.235. The van der Waals surface area contributed by atoms with Crippen molar-refractivity contribution in [1.82, 2.24) is 0 Å². The minimum Gasteiger partial charge on any atom is -0.404 e. The van der Waals surface area contributed by atoms with Crippen LogP contribution in [0, 0.1) is 0 Å². The number of benzene rings is 1. The molecule has 0 aliphatic carbocycles. The molecule has 0 heterocycles. The largest absolute Gasteiger partial charge is 0.524 e. The Bertz CT molecular complexity index is 394. The zero-order valence-corrected chi connectivity index (χ0v) is 11.6. The van der Waals surface area contributed by atoms with Crippen molar-refractivity contribution in [1.29, 1.82) is 0 Å². The molecule has 0 spiro atoms. The van der Waals surface area contributed by atoms with Crippen LogP contribution in [0.5, 0.6) is 5.75 Å². The molecule has 2 N–H and O–H groups in total. The standard InChI is InChI=1S/C10H15O4P.Al/c1-10(2,3)8-6-4-5-7-9(8)14-15(11,12)13;/h4-7H,1-3H3,(H2,11,12,13);. The first-order valence-electron chi connectivity index (χ1n) is 4.55. The first-order valence-corrected chi connectivity index (χ1v) is 6.08. The second-order valence-electron chi connectivity index (χ2n) is 4.33. The van der Waals surface area contributed by atoms with Gasteiger partial charge in [0, 0.05) is 22.9 Å². The van der Waals surface area contributed by atoms with Crippen molar-refractivity contribution < 1.29 is 18.9 Å². The molecule has 0 saturated heterocycles. The van der Waals surface area contributed by atoms with Crippen LogP contribution >= 0.6 is 7.82 Å². The summed E-state index contributed by atoms with van der Waals surface area (Å²) in [5.41, 5.74) is 0.555. The van der Waals surface area contributed by atoms with Gasteiger partial charge in [0.05, 0.1) is 0 Å². The Hall–Kier alpha value is -0.298. The molecule has 1 rings (SSSR count). The summed E-state index contributed by atoms with van der Waals surface area (Å²) in [5, 5.41) is 0. The van der Waals surface area contributed by atoms with Gasteiger partial charge in [-0.15, -0.1) is 0 Å². The fraction of sp³-hybridized carbons (Fsp3) is 0.400. The summed E-state index contributed by atoms with van der Waals surface area (Å²) in [6.07, 6.45) is 0. The van der Waals surface area contributed by atoms with Crippen LogP contribution in [0.15, 0.2) is 24.3 Å². The maximum atomic E-state index is 10.8. The molecule has 0 aliphatic rings. The normalized spacial score (nSPS) is 11.8. The summed E-state index contributed by atoms with van der Waals surface area (Å²) in [7, 11) is -4.48. The molecular weight excluding hydrogens is 242 g/mol. The molecule has 0 aliphatic heterocycles. The fourth-order valence-corrected chi connectivity index (χ4v) is 1.71. The fourth-order valence-electron chi connectivity index (χ4n) is 1.29. The van der Waals surface area contributed by atoms with Crippen molar-refractivity contribution in [2.45, 2.75) is 26.2 Å². The third kappa shape index (κ3) is 4.69. The highest BCUT2D eigenvalue weighted by Gasteiger charge is 2.23. The summed E-state index contributed by atoms with van der Waals surface area (Å²) in [4.78, 5) is 17.5. The first kappa shape index (κ1) is 15.7. The van der Waals surface area contributed by atoms with Gasteiger partial charge in [-0.05, 0) is 11.5 Å². The number of hydrogen-bond donors (Lipinski definition) is 2. The minimum absolute atomic E-state index is 0. The van der Waals surface area contributed by atoms with E-state index in [1.165, 1.54) is 0 Å². The Labute approximate surface area is 106 Å². The second kappa shape index (κ2) is 5.36. The summed E-state index contributed by atoms with van der Waals surface area (Å²) < 4.78 is 15.4. The second-order valence-corrected chi connectivity index (χ2v) is 5.49. The molecule has 0 fully saturated rings. The van der Waals surface area contributed by atoms with Crippen LogP contribution in [0.3, 0.4) is 0 Å². The first-order chi connectivity index (χ1) is 6.70. The van der Waals surface area contributed by atoms with E-state index in [9.17, 15) is 4.57 Å². The molecule has 0 aromatic heterocycles. The lowest BCUT2D eigenvalue weighted by molar-refractivity contribution is 0.281. The van der Waals surface area contributed by atoms with Gasteiger partial charge in [0.15, 0.2) is 0 Å². The zero-order valence-electron chi connectivity index (χ0n) is 9.54. The predicted octanol–water partition coefficient (Wildman–Crippen LogP) is 2.07. The lowest BCUT2D eigenvalue weighted by atomic mass is 9.86. The topological polar surface area (TPSA) is 66.8 Å². The Kier molecular flexibility index (Phi) is 5.26. The minimum atomic E-state index is -4.48. The highest BCUT2D eigenvalue weighted by atomic mass is 31.2. The maximum absolute atomic E-state index is 10.8. The van der Waals surface area contributed by atoms with Crippen molar-refractivity contribution >= 4 is 25.2 Å². The molecule has 0 saturated carbocycles. The van der Waals surface area contributed by atoms with Gasteiger partial charge in [-0.1, -0.05) is 39.0 Å². The van der Waals surface area contributed by atoms with Gasteiger partial charge in [-0.3, -0.25) is 9.79 Å². The van der Waals surface area contributed by atoms with Crippen molar-refractivity contribution in [3.05, 3.63) is 29.8 Å². The number of phosphoric ester groups is 1. The molecule has 0 atom stereocenters. The van der Waals surface area contributed by atoms with E-state index in [4.69, 9.17) is 9.79 Å². The van der Waals surface area contributed by atoms with Crippen molar-refractivity contribution in [3.8, 4) is 5.75 Å². The molecule has 6 heteroatoms. The van der Waals surface area contributed by atoms with Crippen molar-refractivity contribution in [2.24, 2.45) is 0 Å². The van der Waals surface area contributed by atoms with Gasteiger partial charge in [0.1, 0.15) is 5.75 Å². The average molecular weight is 257 g/mol. The number of hydrogen-bond acceptors (Lipinski definition) is 2. The number of phosphoric acid groups is 1. The lowest BCUT2D eigenvalue weighted by Crippen LogP contribution is -2.12. The van der Waals surface area contributed by atoms with Gasteiger partial charge in [0.25, 0.3) is 0 Å². The van der Waals surface area contributed by atoms with Crippen molar-refractivity contribution in [2.75, 3.05) is 0 Å². The van der Waals surface area contributed by atoms with Gasteiger partial charge in [-0.25, -0.2) is 4.57 Å². The molecule has 1 aromatic carbocycles. The molecule has 0 amide bonds. The van der Waals surface area contributed by atoms with Gasteiger partial charge >= 0.3 is 7.82 Å². The highest BCUT2D eigenvalue weighted by Crippen LogP contribution is 2.41. The lowest BCUT2D eigenvalue weighted by Gasteiger charge is -2.22. The average Bonchev–Trinajstić information content (AvgIpc) is 1.99. The molecule has 16 heavy (non-hydrogen) atoms. The van der Waals surface area contributed by atoms with E-state index in [1.54, 1.807) is 18.2 Å². The highest BCUT2D eigenvalue weighted by molar-refractivity contribution is 7.46. The zero-order chi connectivity index (χ0) is 11.7. The van der Waals surface area contributed by atoms with E-state index in [0.29, 0.717) is 0 Å². The van der Waals surface area contributed by atoms with Gasteiger partial charge < -0.3 is 4.52 Å². The van der Waals surface area contributed by atoms with Crippen LogP contribution in [0.1, 0.15) is 26.3 Å². The number of rotatable bonds is 2. The molecule has 0 unspecified atom stereocenters. The quantitative estimate of drug-likeness (QED) is 0.628. The Morgan fingerprint density at radius 1 is 1.19 bits per heavy atom. The third-order valence-corrected chi connectivity index (χ3v) is 2.35. The van der Waals surface area contributed by atoms with E-state index in [-0.39, 0.29) is 28.5 Å². The Morgan fingerprint density at radius 2 is 1.69 bits per heavy atom. The Balaban J connectivity index is 0.00000225. The van der Waals surface area contributed by atoms with E-state index < -0.39 is 7.82 Å². The van der Waals surface area contributed by atoms with Crippen molar-refractivity contribution in [3.63, 3.8) is 0 Å². The molecule has 3 radical (unpaired) electrons. The smallest absolute Gasteiger partial charge is 0.404 e. The SMILES string of the molecule is CC(C)(C)c1ccccc1OP(=O)(O)O.[Al]. The molecule has 87 valence electrons. The summed E-state index contributed by atoms with van der Waals surface area (Å²) in [6, 6.07) is 6.85. The van der Waals surface area contributed by atoms with Crippen LogP contribution in [0.4, 0.5) is 0 Å². The van der Waals surface area contributed by atoms with Crippen LogP contribution in [0.25, 0.3) is 0 Å². The predicted molar refractivity (Wildman–Crippen MR) is 63.6 cm³/mol. The molecular formula is C10H15AlO4P. The van der Waals surface area contributed by atoms with Crippen LogP contribution in [0.2, 0.25) is 0 Å². The van der Waals surface area contributed by atoms with Crippen LogP contribution < -0.4 is 4.52 Å². The van der Waals surface area contributed by atoms with E-state index in [0.717, 1.165) is 5.56 Å². The number of para-hydroxylation sites is 1. The Morgan fingerprint density at radius 3 is 2.12 bits per heavy atom. The summed E-state index contributed by atoms with van der Waals surface area (Å²) >= 11 is 0.